The summed E-state index contributed by atoms with van der Waals surface area (Å²) in [4.78, 5) is 10.6. The van der Waals surface area contributed by atoms with E-state index in [1.54, 1.807) is 6.08 Å². The van der Waals surface area contributed by atoms with Crippen molar-refractivity contribution in [1.82, 2.24) is 0 Å². The van der Waals surface area contributed by atoms with Gasteiger partial charge in [0.15, 0.2) is 8.32 Å². The largest absolute Gasteiger partial charge is 0.481 e. The SMILES string of the molecule is CCCCCCCCCC(CCC1=CCC(O)[C@@H]1CCC=C=CCC(=O)O)O[Si](C)(C)C(C)(C)C. The van der Waals surface area contributed by atoms with E-state index in [2.05, 4.69) is 52.6 Å². The van der Waals surface area contributed by atoms with Crippen molar-refractivity contribution in [2.24, 2.45) is 5.92 Å². The van der Waals surface area contributed by atoms with Gasteiger partial charge in [-0.3, -0.25) is 4.79 Å². The third kappa shape index (κ3) is 13.1. The Balaban J connectivity index is 2.64. The lowest BCUT2D eigenvalue weighted by Crippen LogP contribution is -2.44. The predicted octanol–water partition coefficient (Wildman–Crippen LogP) is 8.57. The number of carboxylic acid groups (broad SMARTS) is 1. The number of carboxylic acids is 1. The van der Waals surface area contributed by atoms with Crippen LogP contribution in [0.25, 0.3) is 0 Å². The van der Waals surface area contributed by atoms with Crippen molar-refractivity contribution in [3.63, 3.8) is 0 Å². The third-order valence-corrected chi connectivity index (χ3v) is 12.4. The van der Waals surface area contributed by atoms with Crippen LogP contribution in [0.3, 0.4) is 0 Å². The van der Waals surface area contributed by atoms with E-state index < -0.39 is 14.3 Å². The first-order valence-electron chi connectivity index (χ1n) is 14.1. The second-order valence-corrected chi connectivity index (χ2v) is 16.6. The smallest absolute Gasteiger partial charge is 0.307 e. The molecule has 0 saturated heterocycles. The van der Waals surface area contributed by atoms with E-state index in [4.69, 9.17) is 9.53 Å². The fourth-order valence-electron chi connectivity index (χ4n) is 4.59. The van der Waals surface area contributed by atoms with Gasteiger partial charge >= 0.3 is 5.97 Å². The monoisotopic (exact) mass is 506 g/mol. The fraction of sp³-hybridized carbons (Fsp3) is 0.800. The summed E-state index contributed by atoms with van der Waals surface area (Å²) in [5.74, 6) is -0.645. The van der Waals surface area contributed by atoms with Crippen LogP contribution >= 0.6 is 0 Å². The Hall–Kier alpha value is -1.13. The standard InChI is InChI=1S/C30H54O4Si/c1-7-8-9-10-11-12-15-18-26(34-35(5,6)30(2,3)4)23-21-25-22-24-28(31)27(25)19-16-13-14-17-20-29(32)33/h13,17,22,26-28,31H,7-12,15-16,18-21,23-24H2,1-6H3,(H,32,33)/t14?,26?,27-,28?/m1/s1. The maximum atomic E-state index is 10.6. The molecule has 3 atom stereocenters. The van der Waals surface area contributed by atoms with Crippen LogP contribution in [0.4, 0.5) is 0 Å². The summed E-state index contributed by atoms with van der Waals surface area (Å²) in [5, 5.41) is 19.5. The molecule has 202 valence electrons. The van der Waals surface area contributed by atoms with Gasteiger partial charge in [-0.2, -0.15) is 0 Å². The zero-order valence-electron chi connectivity index (χ0n) is 23.6. The van der Waals surface area contributed by atoms with Crippen molar-refractivity contribution >= 4 is 14.3 Å². The Labute approximate surface area is 217 Å². The number of aliphatic hydroxyl groups excluding tert-OH is 1. The molecule has 0 aromatic heterocycles. The summed E-state index contributed by atoms with van der Waals surface area (Å²) >= 11 is 0. The molecule has 0 saturated carbocycles. The highest BCUT2D eigenvalue weighted by molar-refractivity contribution is 6.74. The molecule has 1 aliphatic rings. The Morgan fingerprint density at radius 2 is 1.80 bits per heavy atom. The third-order valence-electron chi connectivity index (χ3n) is 7.85. The van der Waals surface area contributed by atoms with E-state index in [-0.39, 0.29) is 23.5 Å². The van der Waals surface area contributed by atoms with Gasteiger partial charge in [-0.05, 0) is 68.8 Å². The normalized spacial score (nSPS) is 19.2. The zero-order valence-corrected chi connectivity index (χ0v) is 24.6. The number of unbranched alkanes of at least 4 members (excludes halogenated alkanes) is 6. The van der Waals surface area contributed by atoms with Gasteiger partial charge in [0.2, 0.25) is 0 Å². The lowest BCUT2D eigenvalue weighted by Gasteiger charge is -2.39. The molecular formula is C30H54O4Si. The van der Waals surface area contributed by atoms with E-state index in [9.17, 15) is 9.90 Å². The van der Waals surface area contributed by atoms with Crippen LogP contribution in [0.1, 0.15) is 118 Å². The van der Waals surface area contributed by atoms with E-state index >= 15 is 0 Å². The molecule has 35 heavy (non-hydrogen) atoms. The first-order chi connectivity index (χ1) is 16.5. The fourth-order valence-corrected chi connectivity index (χ4v) is 6.01. The molecule has 2 unspecified atom stereocenters. The van der Waals surface area contributed by atoms with Crippen molar-refractivity contribution in [3.05, 3.63) is 29.5 Å². The average molecular weight is 507 g/mol. The van der Waals surface area contributed by atoms with Gasteiger partial charge in [-0.15, -0.1) is 5.73 Å². The topological polar surface area (TPSA) is 66.8 Å². The molecule has 0 aliphatic heterocycles. The molecule has 4 nitrogen and oxygen atoms in total. The summed E-state index contributed by atoms with van der Waals surface area (Å²) < 4.78 is 6.90. The van der Waals surface area contributed by atoms with E-state index in [1.165, 1.54) is 50.5 Å². The molecule has 5 heteroatoms. The van der Waals surface area contributed by atoms with Crippen molar-refractivity contribution in [2.45, 2.75) is 148 Å². The van der Waals surface area contributed by atoms with Gasteiger partial charge in [-0.1, -0.05) is 84.3 Å². The van der Waals surface area contributed by atoms with Gasteiger partial charge in [0.1, 0.15) is 0 Å². The average Bonchev–Trinajstić information content (AvgIpc) is 3.11. The molecule has 0 aromatic rings. The summed E-state index contributed by atoms with van der Waals surface area (Å²) in [6.45, 7) is 13.9. The molecule has 1 aliphatic carbocycles. The van der Waals surface area contributed by atoms with Gasteiger partial charge in [0.25, 0.3) is 0 Å². The first-order valence-corrected chi connectivity index (χ1v) is 17.0. The number of aliphatic carboxylic acids is 1. The lowest BCUT2D eigenvalue weighted by molar-refractivity contribution is -0.136. The molecule has 0 aromatic carbocycles. The van der Waals surface area contributed by atoms with Gasteiger partial charge in [-0.25, -0.2) is 0 Å². The van der Waals surface area contributed by atoms with Gasteiger partial charge in [0, 0.05) is 12.0 Å². The number of hydrogen-bond donors (Lipinski definition) is 2. The minimum atomic E-state index is -1.83. The maximum absolute atomic E-state index is 10.6. The van der Waals surface area contributed by atoms with Crippen LogP contribution in [0.2, 0.25) is 18.1 Å². The van der Waals surface area contributed by atoms with Crippen LogP contribution in [0.5, 0.6) is 0 Å². The molecule has 1 rings (SSSR count). The van der Waals surface area contributed by atoms with E-state index in [0.29, 0.717) is 6.10 Å². The van der Waals surface area contributed by atoms with Crippen LogP contribution in [-0.2, 0) is 9.22 Å². The number of hydrogen-bond acceptors (Lipinski definition) is 3. The second kappa shape index (κ2) is 16.6. The molecule has 0 spiro atoms. The number of carbonyl (C=O) groups is 1. The summed E-state index contributed by atoms with van der Waals surface area (Å²) in [7, 11) is -1.83. The highest BCUT2D eigenvalue weighted by Crippen LogP contribution is 2.39. The number of rotatable bonds is 18. The second-order valence-electron chi connectivity index (χ2n) is 11.9. The van der Waals surface area contributed by atoms with Crippen LogP contribution in [0, 0.1) is 5.92 Å². The first kappa shape index (κ1) is 31.9. The molecule has 0 bridgehead atoms. The van der Waals surface area contributed by atoms with Gasteiger partial charge in [0.05, 0.1) is 12.5 Å². The Kier molecular flexibility index (Phi) is 15.1. The van der Waals surface area contributed by atoms with E-state index in [1.807, 2.05) is 6.08 Å². The van der Waals surface area contributed by atoms with Crippen molar-refractivity contribution in [3.8, 4) is 0 Å². The molecule has 2 N–H and O–H groups in total. The summed E-state index contributed by atoms with van der Waals surface area (Å²) in [6, 6.07) is 0. The quantitative estimate of drug-likeness (QED) is 0.0845. The van der Waals surface area contributed by atoms with Crippen molar-refractivity contribution < 1.29 is 19.4 Å². The maximum Gasteiger partial charge on any atom is 0.307 e. The minimum Gasteiger partial charge on any atom is -0.481 e. The van der Waals surface area contributed by atoms with Gasteiger partial charge < -0.3 is 14.6 Å². The highest BCUT2D eigenvalue weighted by Gasteiger charge is 2.39. The van der Waals surface area contributed by atoms with Crippen LogP contribution < -0.4 is 0 Å². The molecule has 0 amide bonds. The van der Waals surface area contributed by atoms with E-state index in [0.717, 1.165) is 38.5 Å². The lowest BCUT2D eigenvalue weighted by atomic mass is 9.90. The predicted molar refractivity (Wildman–Crippen MR) is 150 cm³/mol. The summed E-state index contributed by atoms with van der Waals surface area (Å²) in [5.41, 5.74) is 4.34. The van der Waals surface area contributed by atoms with Crippen LogP contribution in [-0.4, -0.2) is 36.7 Å². The zero-order chi connectivity index (χ0) is 26.3. The molecule has 0 radical (unpaired) electrons. The molecule has 0 fully saturated rings. The molecule has 0 heterocycles. The van der Waals surface area contributed by atoms with Crippen molar-refractivity contribution in [2.75, 3.05) is 0 Å². The Morgan fingerprint density at radius 1 is 1.14 bits per heavy atom. The molecular weight excluding hydrogens is 452 g/mol. The Bertz CT molecular complexity index is 698. The number of aliphatic hydroxyl groups is 1. The van der Waals surface area contributed by atoms with Crippen LogP contribution in [0.15, 0.2) is 29.5 Å². The summed E-state index contributed by atoms with van der Waals surface area (Å²) in [6.07, 6.45) is 20.5. The minimum absolute atomic E-state index is 0.00205. The Morgan fingerprint density at radius 3 is 2.43 bits per heavy atom. The van der Waals surface area contributed by atoms with Crippen molar-refractivity contribution in [1.29, 1.82) is 0 Å². The highest BCUT2D eigenvalue weighted by atomic mass is 28.4.